The molecule has 5 heteroatoms. The molecule has 0 fully saturated rings. The fourth-order valence-electron chi connectivity index (χ4n) is 2.42. The summed E-state index contributed by atoms with van der Waals surface area (Å²) in [4.78, 5) is 0. The molecule has 20 heavy (non-hydrogen) atoms. The van der Waals surface area contributed by atoms with E-state index in [9.17, 15) is 9.83 Å². The van der Waals surface area contributed by atoms with Crippen molar-refractivity contribution in [2.75, 3.05) is 6.61 Å². The highest BCUT2D eigenvalue weighted by Gasteiger charge is 2.35. The normalized spacial score (nSPS) is 14.8. The SMILES string of the molecule is CCCCCCCCOP(=O)(C#N)N(C(C)C)C(C)C. The fourth-order valence-corrected chi connectivity index (χ4v) is 4.31. The molecule has 0 N–H and O–H groups in total. The maximum absolute atomic E-state index is 12.6. The highest BCUT2D eigenvalue weighted by atomic mass is 31.2. The minimum Gasteiger partial charge on any atom is -0.307 e. The second-order valence-corrected chi connectivity index (χ2v) is 7.75. The van der Waals surface area contributed by atoms with Crippen molar-refractivity contribution < 1.29 is 9.09 Å². The molecule has 0 spiro atoms. The molecule has 0 rings (SSSR count). The molecule has 0 amide bonds. The van der Waals surface area contributed by atoms with E-state index in [0.717, 1.165) is 12.8 Å². The van der Waals surface area contributed by atoms with Gasteiger partial charge < -0.3 is 4.52 Å². The summed E-state index contributed by atoms with van der Waals surface area (Å²) in [5.74, 6) is 1.91. The predicted octanol–water partition coefficient (Wildman–Crippen LogP) is 5.16. The van der Waals surface area contributed by atoms with Gasteiger partial charge in [-0.2, -0.15) is 5.26 Å². The second-order valence-electron chi connectivity index (χ2n) is 5.79. The van der Waals surface area contributed by atoms with Crippen LogP contribution in [0.1, 0.15) is 73.1 Å². The third-order valence-corrected chi connectivity index (χ3v) is 5.57. The monoisotopic (exact) mass is 302 g/mol. The van der Waals surface area contributed by atoms with Crippen LogP contribution < -0.4 is 0 Å². The zero-order valence-corrected chi connectivity index (χ0v) is 14.7. The van der Waals surface area contributed by atoms with Crippen molar-refractivity contribution in [1.29, 1.82) is 5.26 Å². The summed E-state index contributed by atoms with van der Waals surface area (Å²) >= 11 is 0. The number of hydrogen-bond acceptors (Lipinski definition) is 3. The van der Waals surface area contributed by atoms with Gasteiger partial charge in [-0.05, 0) is 34.1 Å². The van der Waals surface area contributed by atoms with Gasteiger partial charge in [-0.1, -0.05) is 39.0 Å². The molecule has 0 radical (unpaired) electrons. The van der Waals surface area contributed by atoms with Crippen LogP contribution in [-0.2, 0) is 9.09 Å². The summed E-state index contributed by atoms with van der Waals surface area (Å²) in [7, 11) is -3.35. The van der Waals surface area contributed by atoms with E-state index in [1.165, 1.54) is 25.7 Å². The molecule has 0 aliphatic rings. The Morgan fingerprint density at radius 1 is 1.05 bits per heavy atom. The van der Waals surface area contributed by atoms with E-state index in [4.69, 9.17) is 4.52 Å². The Balaban J connectivity index is 4.25. The van der Waals surface area contributed by atoms with Crippen molar-refractivity contribution in [2.45, 2.75) is 85.2 Å². The standard InChI is InChI=1S/C15H31N2O2P/c1-6-7-8-9-10-11-12-19-20(18,13-16)17(14(2)3)15(4)5/h14-15H,6-12H2,1-5H3. The first-order chi connectivity index (χ1) is 9.39. The summed E-state index contributed by atoms with van der Waals surface area (Å²) in [6.45, 7) is 10.4. The number of nitriles is 1. The number of unbranched alkanes of at least 4 members (excludes halogenated alkanes) is 5. The summed E-state index contributed by atoms with van der Waals surface area (Å²) in [6.07, 6.45) is 6.89. The van der Waals surface area contributed by atoms with Gasteiger partial charge >= 0.3 is 7.52 Å². The minimum atomic E-state index is -3.35. The van der Waals surface area contributed by atoms with Crippen molar-refractivity contribution in [1.82, 2.24) is 4.67 Å². The summed E-state index contributed by atoms with van der Waals surface area (Å²) < 4.78 is 19.8. The molecule has 0 aromatic heterocycles. The van der Waals surface area contributed by atoms with Gasteiger partial charge in [-0.3, -0.25) is 4.57 Å². The Morgan fingerprint density at radius 3 is 2.00 bits per heavy atom. The highest BCUT2D eigenvalue weighted by Crippen LogP contribution is 2.52. The van der Waals surface area contributed by atoms with E-state index < -0.39 is 7.52 Å². The average molecular weight is 302 g/mol. The molecule has 0 heterocycles. The quantitative estimate of drug-likeness (QED) is 0.391. The van der Waals surface area contributed by atoms with Crippen molar-refractivity contribution in [2.24, 2.45) is 0 Å². The van der Waals surface area contributed by atoms with Crippen LogP contribution in [0.15, 0.2) is 0 Å². The zero-order chi connectivity index (χ0) is 15.6. The van der Waals surface area contributed by atoms with Crippen molar-refractivity contribution in [3.05, 3.63) is 0 Å². The van der Waals surface area contributed by atoms with Gasteiger partial charge in [-0.25, -0.2) is 4.67 Å². The van der Waals surface area contributed by atoms with Crippen LogP contribution in [0.4, 0.5) is 0 Å². The lowest BCUT2D eigenvalue weighted by atomic mass is 10.1. The molecule has 0 aromatic rings. The summed E-state index contributed by atoms with van der Waals surface area (Å²) in [6, 6.07) is 0.0649. The molecule has 1 atom stereocenters. The van der Waals surface area contributed by atoms with Gasteiger partial charge in [0.1, 0.15) is 0 Å². The molecular weight excluding hydrogens is 271 g/mol. The number of rotatable bonds is 11. The highest BCUT2D eigenvalue weighted by molar-refractivity contribution is 7.61. The largest absolute Gasteiger partial charge is 0.371 e. The average Bonchev–Trinajstić information content (AvgIpc) is 2.36. The zero-order valence-electron chi connectivity index (χ0n) is 13.8. The van der Waals surface area contributed by atoms with Crippen LogP contribution in [0.25, 0.3) is 0 Å². The summed E-state index contributed by atoms with van der Waals surface area (Å²) in [5, 5.41) is 9.25. The van der Waals surface area contributed by atoms with Crippen LogP contribution in [0.2, 0.25) is 0 Å². The van der Waals surface area contributed by atoms with Crippen LogP contribution >= 0.6 is 7.52 Å². The van der Waals surface area contributed by atoms with E-state index in [0.29, 0.717) is 6.61 Å². The van der Waals surface area contributed by atoms with Crippen LogP contribution in [0.5, 0.6) is 0 Å². The van der Waals surface area contributed by atoms with E-state index in [2.05, 4.69) is 6.92 Å². The Hall–Kier alpha value is -0.360. The Labute approximate surface area is 125 Å². The third-order valence-electron chi connectivity index (χ3n) is 3.25. The van der Waals surface area contributed by atoms with Gasteiger partial charge in [0.15, 0.2) is 5.81 Å². The smallest absolute Gasteiger partial charge is 0.307 e. The molecule has 0 aromatic carbocycles. The lowest BCUT2D eigenvalue weighted by molar-refractivity contribution is 0.220. The predicted molar refractivity (Wildman–Crippen MR) is 84.7 cm³/mol. The van der Waals surface area contributed by atoms with E-state index in [-0.39, 0.29) is 12.1 Å². The fraction of sp³-hybridized carbons (Fsp3) is 0.933. The lowest BCUT2D eigenvalue weighted by Gasteiger charge is -2.32. The molecule has 1 unspecified atom stereocenters. The molecule has 0 saturated heterocycles. The Kier molecular flexibility index (Phi) is 10.2. The van der Waals surface area contributed by atoms with Gasteiger partial charge in [0.05, 0.1) is 6.61 Å². The van der Waals surface area contributed by atoms with Crippen LogP contribution in [0, 0.1) is 11.1 Å². The van der Waals surface area contributed by atoms with Gasteiger partial charge in [0.25, 0.3) is 0 Å². The number of hydrogen-bond donors (Lipinski definition) is 0. The summed E-state index contributed by atoms with van der Waals surface area (Å²) in [5.41, 5.74) is 0. The molecule has 0 bridgehead atoms. The molecule has 118 valence electrons. The van der Waals surface area contributed by atoms with Gasteiger partial charge in [-0.15, -0.1) is 0 Å². The number of nitrogens with zero attached hydrogens (tertiary/aromatic N) is 2. The first kappa shape index (κ1) is 19.6. The van der Waals surface area contributed by atoms with Crippen LogP contribution in [-0.4, -0.2) is 23.4 Å². The van der Waals surface area contributed by atoms with E-state index in [1.807, 2.05) is 33.5 Å². The van der Waals surface area contributed by atoms with E-state index in [1.54, 1.807) is 4.67 Å². The molecule has 0 aliphatic heterocycles. The van der Waals surface area contributed by atoms with E-state index >= 15 is 0 Å². The van der Waals surface area contributed by atoms with Gasteiger partial charge in [0.2, 0.25) is 0 Å². The third kappa shape index (κ3) is 6.88. The Bertz CT molecular complexity index is 329. The maximum Gasteiger partial charge on any atom is 0.371 e. The van der Waals surface area contributed by atoms with Crippen molar-refractivity contribution in [3.8, 4) is 5.81 Å². The molecule has 4 nitrogen and oxygen atoms in total. The minimum absolute atomic E-state index is 0.0324. The Morgan fingerprint density at radius 2 is 1.55 bits per heavy atom. The maximum atomic E-state index is 12.6. The van der Waals surface area contributed by atoms with Crippen molar-refractivity contribution in [3.63, 3.8) is 0 Å². The molecule has 0 saturated carbocycles. The second kappa shape index (κ2) is 10.4. The van der Waals surface area contributed by atoms with Crippen LogP contribution in [0.3, 0.4) is 0 Å². The van der Waals surface area contributed by atoms with Gasteiger partial charge in [0, 0.05) is 12.1 Å². The lowest BCUT2D eigenvalue weighted by Crippen LogP contribution is -2.34. The van der Waals surface area contributed by atoms with Crippen molar-refractivity contribution >= 4 is 7.52 Å². The first-order valence-electron chi connectivity index (χ1n) is 7.83. The topological polar surface area (TPSA) is 53.3 Å². The first-order valence-corrected chi connectivity index (χ1v) is 9.41. The molecular formula is C15H31N2O2P. The molecule has 0 aliphatic carbocycles.